The average molecular weight is 287 g/mol. The van der Waals surface area contributed by atoms with Crippen molar-refractivity contribution in [2.24, 2.45) is 0 Å². The van der Waals surface area contributed by atoms with Crippen LogP contribution in [0, 0.1) is 13.8 Å². The molecule has 7 heteroatoms. The smallest absolute Gasteiger partial charge is 0.214 e. The molecule has 0 amide bonds. The number of rotatable bonds is 4. The van der Waals surface area contributed by atoms with Gasteiger partial charge in [0.2, 0.25) is 5.16 Å². The molecule has 0 aliphatic heterocycles. The molecule has 0 spiro atoms. The van der Waals surface area contributed by atoms with Crippen LogP contribution >= 0.6 is 11.8 Å². The molecule has 0 N–H and O–H groups in total. The Balaban J connectivity index is 1.80. The maximum atomic E-state index is 5.18. The van der Waals surface area contributed by atoms with Gasteiger partial charge in [-0.05, 0) is 42.0 Å². The van der Waals surface area contributed by atoms with E-state index in [0.29, 0.717) is 5.75 Å². The molecule has 6 nitrogen and oxygen atoms in total. The highest BCUT2D eigenvalue weighted by Gasteiger charge is 2.10. The van der Waals surface area contributed by atoms with Gasteiger partial charge in [0, 0.05) is 6.07 Å². The molecular weight excluding hydrogens is 274 g/mol. The molecule has 0 unspecified atom stereocenters. The first-order chi connectivity index (χ1) is 9.72. The lowest BCUT2D eigenvalue weighted by molar-refractivity contribution is 0.391. The monoisotopic (exact) mass is 287 g/mol. The molecule has 102 valence electrons. The Kier molecular flexibility index (Phi) is 3.51. The Morgan fingerprint density at radius 3 is 2.90 bits per heavy atom. The second-order valence-corrected chi connectivity index (χ2v) is 5.38. The number of tetrazole rings is 1. The average Bonchev–Trinajstić information content (AvgIpc) is 3.05. The van der Waals surface area contributed by atoms with Gasteiger partial charge in [-0.15, -0.1) is 5.10 Å². The lowest BCUT2D eigenvalue weighted by Crippen LogP contribution is -1.99. The van der Waals surface area contributed by atoms with E-state index in [2.05, 4.69) is 20.7 Å². The molecule has 3 aromatic rings. The molecule has 0 fully saturated rings. The van der Waals surface area contributed by atoms with Crippen LogP contribution in [0.3, 0.4) is 0 Å². The molecule has 0 saturated heterocycles. The van der Waals surface area contributed by atoms with Crippen molar-refractivity contribution in [3.8, 4) is 5.69 Å². The van der Waals surface area contributed by atoms with E-state index in [1.165, 1.54) is 17.3 Å². The fraction of sp³-hybridized carbons (Fsp3) is 0.231. The van der Waals surface area contributed by atoms with Gasteiger partial charge in [0.1, 0.15) is 5.76 Å². The number of benzene rings is 1. The molecule has 0 bridgehead atoms. The van der Waals surface area contributed by atoms with Crippen molar-refractivity contribution in [3.63, 3.8) is 0 Å². The summed E-state index contributed by atoms with van der Waals surface area (Å²) in [5.41, 5.74) is 2.99. The second kappa shape index (κ2) is 5.46. The summed E-state index contributed by atoms with van der Waals surface area (Å²) in [6.07, 6.45) is 0. The highest BCUT2D eigenvalue weighted by Crippen LogP contribution is 2.22. The minimum absolute atomic E-state index is 0.646. The minimum Gasteiger partial charge on any atom is -0.360 e. The van der Waals surface area contributed by atoms with Crippen LogP contribution in [0.5, 0.6) is 0 Å². The van der Waals surface area contributed by atoms with Gasteiger partial charge in [-0.2, -0.15) is 4.68 Å². The van der Waals surface area contributed by atoms with Gasteiger partial charge in [0.25, 0.3) is 0 Å². The van der Waals surface area contributed by atoms with E-state index in [0.717, 1.165) is 22.3 Å². The first-order valence-electron chi connectivity index (χ1n) is 6.13. The summed E-state index contributed by atoms with van der Waals surface area (Å²) in [7, 11) is 0. The van der Waals surface area contributed by atoms with Crippen LogP contribution < -0.4 is 0 Å². The fourth-order valence-electron chi connectivity index (χ4n) is 1.81. The summed E-state index contributed by atoms with van der Waals surface area (Å²) in [6, 6.07) is 9.96. The van der Waals surface area contributed by atoms with Crippen molar-refractivity contribution in [1.82, 2.24) is 25.4 Å². The molecule has 2 heterocycles. The van der Waals surface area contributed by atoms with Gasteiger partial charge in [-0.25, -0.2) is 0 Å². The summed E-state index contributed by atoms with van der Waals surface area (Å²) in [6.45, 7) is 3.94. The Morgan fingerprint density at radius 1 is 1.25 bits per heavy atom. The van der Waals surface area contributed by atoms with Crippen molar-refractivity contribution in [2.45, 2.75) is 24.8 Å². The van der Waals surface area contributed by atoms with Crippen LogP contribution in [-0.4, -0.2) is 25.4 Å². The van der Waals surface area contributed by atoms with Crippen molar-refractivity contribution < 1.29 is 4.52 Å². The molecular formula is C13H13N5OS. The molecule has 20 heavy (non-hydrogen) atoms. The molecule has 0 aliphatic carbocycles. The number of aryl methyl sites for hydroxylation is 2. The van der Waals surface area contributed by atoms with E-state index < -0.39 is 0 Å². The standard InChI is InChI=1S/C13H13N5OS/c1-9-4-3-5-11(6-9)18-13(14-16-17-18)20-8-12-7-10(2)15-19-12/h3-7H,8H2,1-2H3. The van der Waals surface area contributed by atoms with E-state index in [1.54, 1.807) is 4.68 Å². The summed E-state index contributed by atoms with van der Waals surface area (Å²) in [4.78, 5) is 0. The molecule has 0 saturated carbocycles. The lowest BCUT2D eigenvalue weighted by Gasteiger charge is -2.04. The van der Waals surface area contributed by atoms with E-state index in [1.807, 2.05) is 44.2 Å². The summed E-state index contributed by atoms with van der Waals surface area (Å²) < 4.78 is 6.90. The van der Waals surface area contributed by atoms with E-state index in [-0.39, 0.29) is 0 Å². The van der Waals surface area contributed by atoms with Crippen LogP contribution in [0.25, 0.3) is 5.69 Å². The molecule has 1 aromatic carbocycles. The molecule has 2 aromatic heterocycles. The Bertz CT molecular complexity index is 721. The normalized spacial score (nSPS) is 10.9. The Labute approximate surface area is 120 Å². The predicted octanol–water partition coefficient (Wildman–Crippen LogP) is 2.56. The number of aromatic nitrogens is 5. The van der Waals surface area contributed by atoms with E-state index in [9.17, 15) is 0 Å². The first-order valence-corrected chi connectivity index (χ1v) is 7.11. The largest absolute Gasteiger partial charge is 0.360 e. The van der Waals surface area contributed by atoms with Crippen molar-refractivity contribution >= 4 is 11.8 Å². The number of thioether (sulfide) groups is 1. The summed E-state index contributed by atoms with van der Waals surface area (Å²) in [5, 5.41) is 16.4. The SMILES string of the molecule is Cc1cccc(-n2nnnc2SCc2cc(C)no2)c1. The lowest BCUT2D eigenvalue weighted by atomic mass is 10.2. The third-order valence-electron chi connectivity index (χ3n) is 2.71. The van der Waals surface area contributed by atoms with Gasteiger partial charge in [-0.1, -0.05) is 29.1 Å². The van der Waals surface area contributed by atoms with Crippen molar-refractivity contribution in [1.29, 1.82) is 0 Å². The molecule has 0 atom stereocenters. The molecule has 0 aliphatic rings. The topological polar surface area (TPSA) is 69.6 Å². The zero-order valence-electron chi connectivity index (χ0n) is 11.1. The van der Waals surface area contributed by atoms with Crippen LogP contribution in [-0.2, 0) is 5.75 Å². The van der Waals surface area contributed by atoms with E-state index in [4.69, 9.17) is 4.52 Å². The van der Waals surface area contributed by atoms with Crippen molar-refractivity contribution in [2.75, 3.05) is 0 Å². The Morgan fingerprint density at radius 2 is 2.15 bits per heavy atom. The highest BCUT2D eigenvalue weighted by molar-refractivity contribution is 7.98. The minimum atomic E-state index is 0.646. The summed E-state index contributed by atoms with van der Waals surface area (Å²) >= 11 is 1.51. The van der Waals surface area contributed by atoms with Gasteiger partial charge in [-0.3, -0.25) is 0 Å². The van der Waals surface area contributed by atoms with Crippen LogP contribution in [0.2, 0.25) is 0 Å². The van der Waals surface area contributed by atoms with Gasteiger partial charge >= 0.3 is 0 Å². The van der Waals surface area contributed by atoms with Crippen molar-refractivity contribution in [3.05, 3.63) is 47.3 Å². The fourth-order valence-corrected chi connectivity index (χ4v) is 2.58. The van der Waals surface area contributed by atoms with Crippen LogP contribution in [0.1, 0.15) is 17.0 Å². The van der Waals surface area contributed by atoms with Gasteiger partial charge < -0.3 is 4.52 Å². The Hall–Kier alpha value is -2.15. The van der Waals surface area contributed by atoms with Crippen LogP contribution in [0.4, 0.5) is 0 Å². The second-order valence-electron chi connectivity index (χ2n) is 4.44. The molecule has 0 radical (unpaired) electrons. The zero-order chi connectivity index (χ0) is 13.9. The maximum Gasteiger partial charge on any atom is 0.214 e. The third-order valence-corrected chi connectivity index (χ3v) is 3.65. The first kappa shape index (κ1) is 12.9. The summed E-state index contributed by atoms with van der Waals surface area (Å²) in [5.74, 6) is 1.46. The number of nitrogens with zero attached hydrogens (tertiary/aromatic N) is 5. The maximum absolute atomic E-state index is 5.18. The van der Waals surface area contributed by atoms with Gasteiger partial charge in [0.15, 0.2) is 0 Å². The third kappa shape index (κ3) is 2.72. The number of hydrogen-bond donors (Lipinski definition) is 0. The van der Waals surface area contributed by atoms with Gasteiger partial charge in [0.05, 0.1) is 17.1 Å². The number of hydrogen-bond acceptors (Lipinski definition) is 6. The molecule has 3 rings (SSSR count). The van der Waals surface area contributed by atoms with Crippen LogP contribution in [0.15, 0.2) is 40.0 Å². The highest BCUT2D eigenvalue weighted by atomic mass is 32.2. The predicted molar refractivity (Wildman–Crippen MR) is 74.7 cm³/mol. The zero-order valence-corrected chi connectivity index (χ0v) is 12.0. The van der Waals surface area contributed by atoms with E-state index >= 15 is 0 Å². The quantitative estimate of drug-likeness (QED) is 0.687.